The second-order valence-corrected chi connectivity index (χ2v) is 14.1. The lowest BCUT2D eigenvalue weighted by Crippen LogP contribution is -3.00. The van der Waals surface area contributed by atoms with E-state index in [1.54, 1.807) is 0 Å². The van der Waals surface area contributed by atoms with Gasteiger partial charge in [-0.05, 0) is 60.2 Å². The molecule has 0 amide bonds. The van der Waals surface area contributed by atoms with Crippen LogP contribution in [-0.4, -0.2) is 26.2 Å². The fourth-order valence-corrected chi connectivity index (χ4v) is 7.92. The highest BCUT2D eigenvalue weighted by Crippen LogP contribution is 2.37. The molecule has 6 aromatic carbocycles. The zero-order chi connectivity index (χ0) is 37.0. The molecule has 0 aliphatic heterocycles. The summed E-state index contributed by atoms with van der Waals surface area (Å²) in [6, 6.07) is 43.7. The summed E-state index contributed by atoms with van der Waals surface area (Å²) in [4.78, 5) is 0. The maximum absolute atomic E-state index is 6.59. The summed E-state index contributed by atoms with van der Waals surface area (Å²) < 4.78 is 4.75. The SMILES string of the molecule is Cl.Cl.Nc1ccc2c(c1)c(-c1ccccc1)[n+](CCCNCCNCCC[n+]1cc3c(-c4ccccc4)c(N)ccc3c3ccc(N)cc31)c1cc(N)ccc21.[Cl-].[Cl-]. The molecule has 0 aliphatic rings. The Hall–Kier alpha value is -5.06. The van der Waals surface area contributed by atoms with Crippen LogP contribution in [0.5, 0.6) is 0 Å². The van der Waals surface area contributed by atoms with Gasteiger partial charge < -0.3 is 58.4 Å². The van der Waals surface area contributed by atoms with Gasteiger partial charge in [0.15, 0.2) is 12.7 Å². The zero-order valence-corrected chi connectivity index (χ0v) is 35.3. The number of rotatable bonds is 13. The number of nitrogen functional groups attached to an aromatic ring is 4. The lowest BCUT2D eigenvalue weighted by molar-refractivity contribution is -0.670. The third kappa shape index (κ3) is 9.45. The molecule has 0 aliphatic carbocycles. The molecular formula is C46H50Cl4N8. The van der Waals surface area contributed by atoms with Crippen molar-refractivity contribution in [1.82, 2.24) is 10.6 Å². The lowest BCUT2D eigenvalue weighted by Gasteiger charge is -2.14. The molecule has 0 fully saturated rings. The van der Waals surface area contributed by atoms with Crippen molar-refractivity contribution in [2.75, 3.05) is 49.1 Å². The van der Waals surface area contributed by atoms with E-state index in [1.807, 2.05) is 30.3 Å². The first kappa shape index (κ1) is 45.6. The number of fused-ring (bicyclic) bond motifs is 6. The van der Waals surface area contributed by atoms with E-state index in [0.717, 1.165) is 119 Å². The summed E-state index contributed by atoms with van der Waals surface area (Å²) in [5.41, 5.74) is 35.4. The first-order valence-electron chi connectivity index (χ1n) is 18.9. The van der Waals surface area contributed by atoms with Crippen LogP contribution in [0.15, 0.2) is 134 Å². The number of nitrogens with one attached hydrogen (secondary N) is 2. The van der Waals surface area contributed by atoms with Crippen LogP contribution >= 0.6 is 24.8 Å². The minimum absolute atomic E-state index is 0. The Bertz CT molecular complexity index is 2630. The summed E-state index contributed by atoms with van der Waals surface area (Å²) in [7, 11) is 0. The Morgan fingerprint density at radius 1 is 0.448 bits per heavy atom. The number of hydrogen-bond acceptors (Lipinski definition) is 6. The molecule has 0 saturated carbocycles. The van der Waals surface area contributed by atoms with E-state index < -0.39 is 0 Å². The van der Waals surface area contributed by atoms with Crippen LogP contribution in [0.4, 0.5) is 22.7 Å². The number of aryl methyl sites for hydroxylation is 2. The first-order chi connectivity index (χ1) is 26.5. The third-order valence-corrected chi connectivity index (χ3v) is 10.4. The van der Waals surface area contributed by atoms with E-state index in [2.05, 4.69) is 123 Å². The molecule has 0 atom stereocenters. The van der Waals surface area contributed by atoms with Crippen molar-refractivity contribution in [2.45, 2.75) is 25.9 Å². The number of halogens is 4. The van der Waals surface area contributed by atoms with Gasteiger partial charge in [-0.2, -0.15) is 9.13 Å². The highest BCUT2D eigenvalue weighted by Gasteiger charge is 2.24. The van der Waals surface area contributed by atoms with E-state index in [9.17, 15) is 0 Å². The molecular weight excluding hydrogens is 806 g/mol. The molecule has 0 unspecified atom stereocenters. The standard InChI is InChI=1S/C46H46N8.4ClH/c47-33-13-16-36-39-18-15-35(49)29-44(39)54(46(40(36)27-33)32-11-5-2-6-12-32)26-8-22-52-24-23-51-21-7-25-53-30-41-37(38-17-14-34(48)28-43(38)53)19-20-42(50)45(41)31-9-3-1-4-10-31;;;;/h1-6,9-20,27-30,48-49,51-52H,7-8,21-26,47,50H2;4*1H. The third-order valence-electron chi connectivity index (χ3n) is 10.4. The van der Waals surface area contributed by atoms with Crippen LogP contribution in [0.25, 0.3) is 65.7 Å². The number of aromatic nitrogens is 2. The maximum atomic E-state index is 6.59. The van der Waals surface area contributed by atoms with Crippen molar-refractivity contribution in [3.05, 3.63) is 134 Å². The highest BCUT2D eigenvalue weighted by atomic mass is 35.5. The smallest absolute Gasteiger partial charge is 0.220 e. The molecule has 0 spiro atoms. The number of nitrogens with zero attached hydrogens (tertiary/aromatic N) is 2. The maximum Gasteiger partial charge on any atom is 0.220 e. The predicted octanol–water partition coefficient (Wildman–Crippen LogP) is 2.05. The fourth-order valence-electron chi connectivity index (χ4n) is 7.92. The van der Waals surface area contributed by atoms with Crippen molar-refractivity contribution in [2.24, 2.45) is 0 Å². The summed E-state index contributed by atoms with van der Waals surface area (Å²) in [6.45, 7) is 5.28. The molecule has 0 bridgehead atoms. The van der Waals surface area contributed by atoms with Crippen molar-refractivity contribution < 1.29 is 33.9 Å². The quantitative estimate of drug-likeness (QED) is 0.0456. The van der Waals surface area contributed by atoms with Crippen LogP contribution in [-0.2, 0) is 13.1 Å². The van der Waals surface area contributed by atoms with Crippen molar-refractivity contribution in [1.29, 1.82) is 0 Å². The van der Waals surface area contributed by atoms with E-state index in [0.29, 0.717) is 0 Å². The van der Waals surface area contributed by atoms with Gasteiger partial charge in [-0.3, -0.25) is 0 Å². The topological polar surface area (TPSA) is 136 Å². The second-order valence-electron chi connectivity index (χ2n) is 14.1. The molecule has 2 aromatic heterocycles. The monoisotopic (exact) mass is 854 g/mol. The number of nitrogens with two attached hydrogens (primary N) is 4. The lowest BCUT2D eigenvalue weighted by atomic mass is 9.95. The number of hydrogen-bond donors (Lipinski definition) is 6. The van der Waals surface area contributed by atoms with Gasteiger partial charge in [0.1, 0.15) is 6.54 Å². The normalized spacial score (nSPS) is 10.8. The van der Waals surface area contributed by atoms with Crippen molar-refractivity contribution >= 4 is 90.9 Å². The number of benzene rings is 6. The molecule has 8 rings (SSSR count). The average Bonchev–Trinajstić information content (AvgIpc) is 3.19. The minimum atomic E-state index is 0. The molecule has 0 saturated heterocycles. The Labute approximate surface area is 364 Å². The van der Waals surface area contributed by atoms with E-state index in [1.165, 1.54) is 21.5 Å². The van der Waals surface area contributed by atoms with Crippen LogP contribution < -0.4 is 67.5 Å². The molecule has 8 aromatic rings. The predicted molar refractivity (Wildman–Crippen MR) is 241 cm³/mol. The van der Waals surface area contributed by atoms with Gasteiger partial charge in [-0.25, -0.2) is 0 Å². The molecule has 0 radical (unpaired) electrons. The fraction of sp³-hybridized carbons (Fsp3) is 0.174. The number of pyridine rings is 2. The van der Waals surface area contributed by atoms with Crippen LogP contribution in [0.3, 0.4) is 0 Å². The van der Waals surface area contributed by atoms with Gasteiger partial charge in [-0.15, -0.1) is 24.8 Å². The van der Waals surface area contributed by atoms with E-state index in [4.69, 9.17) is 22.9 Å². The average molecular weight is 857 g/mol. The summed E-state index contributed by atoms with van der Waals surface area (Å²) in [5.74, 6) is 0. The number of anilines is 4. The van der Waals surface area contributed by atoms with Gasteiger partial charge in [0.05, 0.1) is 21.5 Å². The minimum Gasteiger partial charge on any atom is -1.00 e. The molecule has 58 heavy (non-hydrogen) atoms. The zero-order valence-electron chi connectivity index (χ0n) is 32.1. The Morgan fingerprint density at radius 2 is 0.948 bits per heavy atom. The van der Waals surface area contributed by atoms with Gasteiger partial charge >= 0.3 is 0 Å². The molecule has 10 N–H and O–H groups in total. The van der Waals surface area contributed by atoms with Gasteiger partial charge in [0.25, 0.3) is 0 Å². The molecule has 8 nitrogen and oxygen atoms in total. The van der Waals surface area contributed by atoms with Crippen molar-refractivity contribution in [3.63, 3.8) is 0 Å². The molecule has 302 valence electrons. The first-order valence-corrected chi connectivity index (χ1v) is 18.9. The second kappa shape index (κ2) is 20.6. The van der Waals surface area contributed by atoms with E-state index in [-0.39, 0.29) is 49.6 Å². The highest BCUT2D eigenvalue weighted by molar-refractivity contribution is 6.12. The Kier molecular flexibility index (Phi) is 16.2. The van der Waals surface area contributed by atoms with Crippen molar-refractivity contribution in [3.8, 4) is 22.4 Å². The largest absolute Gasteiger partial charge is 1.00 e. The summed E-state index contributed by atoms with van der Waals surface area (Å²) in [5, 5.41) is 14.3. The van der Waals surface area contributed by atoms with Crippen LogP contribution in [0.1, 0.15) is 12.8 Å². The molecule has 12 heteroatoms. The van der Waals surface area contributed by atoms with Gasteiger partial charge in [-0.1, -0.05) is 60.7 Å². The van der Waals surface area contributed by atoms with Crippen LogP contribution in [0.2, 0.25) is 0 Å². The van der Waals surface area contributed by atoms with Gasteiger partial charge in [0, 0.05) is 95.8 Å². The molecule has 2 heterocycles. The summed E-state index contributed by atoms with van der Waals surface area (Å²) in [6.07, 6.45) is 4.19. The summed E-state index contributed by atoms with van der Waals surface area (Å²) >= 11 is 0. The van der Waals surface area contributed by atoms with E-state index >= 15 is 0 Å². The Balaban J connectivity index is 0.00000186. The van der Waals surface area contributed by atoms with Gasteiger partial charge in [0.2, 0.25) is 16.7 Å². The Morgan fingerprint density at radius 3 is 1.59 bits per heavy atom. The van der Waals surface area contributed by atoms with Crippen LogP contribution in [0, 0.1) is 0 Å².